The predicted octanol–water partition coefficient (Wildman–Crippen LogP) is 2.10. The lowest BCUT2D eigenvalue weighted by Crippen LogP contribution is -2.37. The zero-order chi connectivity index (χ0) is 18.1. The van der Waals surface area contributed by atoms with E-state index in [9.17, 15) is 13.6 Å². The molecule has 0 aliphatic carbocycles. The van der Waals surface area contributed by atoms with Crippen molar-refractivity contribution in [3.05, 3.63) is 53.7 Å². The average molecular weight is 359 g/mol. The maximum Gasteiger partial charge on any atom is 0.259 e. The maximum atomic E-state index is 13.8. The average Bonchev–Trinajstić information content (AvgIpc) is 3.10. The number of fused-ring (bicyclic) bond motifs is 1. The fraction of sp³-hybridized carbons (Fsp3) is 0.235. The fourth-order valence-corrected chi connectivity index (χ4v) is 2.84. The molecule has 2 aromatic heterocycles. The second kappa shape index (κ2) is 6.68. The van der Waals surface area contributed by atoms with Gasteiger partial charge in [-0.05, 0) is 12.1 Å². The molecule has 7 nitrogen and oxygen atoms in total. The summed E-state index contributed by atoms with van der Waals surface area (Å²) in [6.07, 6.45) is 1.61. The Hall–Kier alpha value is -3.07. The number of hydrogen-bond acceptors (Lipinski definition) is 5. The van der Waals surface area contributed by atoms with Crippen LogP contribution in [0.5, 0.6) is 0 Å². The predicted molar refractivity (Wildman–Crippen MR) is 90.3 cm³/mol. The molecule has 1 fully saturated rings. The number of ether oxygens (including phenoxy) is 1. The fourth-order valence-electron chi connectivity index (χ4n) is 2.84. The van der Waals surface area contributed by atoms with E-state index >= 15 is 0 Å². The Balaban J connectivity index is 1.67. The minimum absolute atomic E-state index is 0.255. The van der Waals surface area contributed by atoms with Gasteiger partial charge >= 0.3 is 0 Å². The molecule has 0 spiro atoms. The summed E-state index contributed by atoms with van der Waals surface area (Å²) >= 11 is 0. The highest BCUT2D eigenvalue weighted by Crippen LogP contribution is 2.22. The Morgan fingerprint density at radius 2 is 1.96 bits per heavy atom. The SMILES string of the molecule is O=C(Nc1cc(N2CCOCC2)n2nccc2n1)c1ccc(F)cc1F. The maximum absolute atomic E-state index is 13.8. The quantitative estimate of drug-likeness (QED) is 0.775. The van der Waals surface area contributed by atoms with E-state index in [1.54, 1.807) is 22.8 Å². The van der Waals surface area contributed by atoms with Crippen LogP contribution in [0.2, 0.25) is 0 Å². The molecule has 3 heterocycles. The second-order valence-corrected chi connectivity index (χ2v) is 5.78. The van der Waals surface area contributed by atoms with Crippen LogP contribution < -0.4 is 10.2 Å². The van der Waals surface area contributed by atoms with E-state index in [1.165, 1.54) is 0 Å². The topological polar surface area (TPSA) is 71.8 Å². The van der Waals surface area contributed by atoms with Crippen LogP contribution in [0.1, 0.15) is 10.4 Å². The van der Waals surface area contributed by atoms with Gasteiger partial charge in [0.2, 0.25) is 0 Å². The minimum Gasteiger partial charge on any atom is -0.378 e. The van der Waals surface area contributed by atoms with Gasteiger partial charge in [0.1, 0.15) is 23.3 Å². The van der Waals surface area contributed by atoms with Gasteiger partial charge in [-0.15, -0.1) is 0 Å². The van der Waals surface area contributed by atoms with Crippen molar-refractivity contribution >= 4 is 23.2 Å². The van der Waals surface area contributed by atoms with Crippen LogP contribution >= 0.6 is 0 Å². The molecule has 1 aliphatic heterocycles. The number of benzene rings is 1. The van der Waals surface area contributed by atoms with Crippen LogP contribution in [0, 0.1) is 11.6 Å². The van der Waals surface area contributed by atoms with Crippen molar-refractivity contribution in [3.8, 4) is 0 Å². The Morgan fingerprint density at radius 1 is 1.15 bits per heavy atom. The van der Waals surface area contributed by atoms with Crippen LogP contribution in [-0.2, 0) is 4.74 Å². The van der Waals surface area contributed by atoms with Crippen molar-refractivity contribution in [2.24, 2.45) is 0 Å². The van der Waals surface area contributed by atoms with E-state index in [4.69, 9.17) is 4.74 Å². The Kier molecular flexibility index (Phi) is 4.21. The summed E-state index contributed by atoms with van der Waals surface area (Å²) in [5.74, 6) is -1.37. The van der Waals surface area contributed by atoms with Gasteiger partial charge in [-0.3, -0.25) is 4.79 Å². The molecule has 1 amide bonds. The normalized spacial score (nSPS) is 14.6. The number of anilines is 2. The zero-order valence-electron chi connectivity index (χ0n) is 13.7. The number of rotatable bonds is 3. The number of halogens is 2. The van der Waals surface area contributed by atoms with Gasteiger partial charge in [-0.2, -0.15) is 9.61 Å². The van der Waals surface area contributed by atoms with Gasteiger partial charge in [-0.25, -0.2) is 13.8 Å². The summed E-state index contributed by atoms with van der Waals surface area (Å²) in [4.78, 5) is 18.7. The number of aromatic nitrogens is 3. The van der Waals surface area contributed by atoms with Crippen LogP contribution in [0.4, 0.5) is 20.4 Å². The van der Waals surface area contributed by atoms with Gasteiger partial charge in [-0.1, -0.05) is 0 Å². The summed E-state index contributed by atoms with van der Waals surface area (Å²) in [7, 11) is 0. The molecule has 3 aromatic rings. The number of carbonyl (C=O) groups is 1. The van der Waals surface area contributed by atoms with Crippen molar-refractivity contribution in [2.45, 2.75) is 0 Å². The van der Waals surface area contributed by atoms with E-state index in [1.807, 2.05) is 0 Å². The molecule has 0 saturated carbocycles. The molecule has 1 aromatic carbocycles. The number of nitrogens with one attached hydrogen (secondary N) is 1. The van der Waals surface area contributed by atoms with Gasteiger partial charge in [0.05, 0.1) is 25.0 Å². The van der Waals surface area contributed by atoms with Crippen LogP contribution in [-0.4, -0.2) is 46.8 Å². The van der Waals surface area contributed by atoms with Crippen molar-refractivity contribution in [1.82, 2.24) is 14.6 Å². The lowest BCUT2D eigenvalue weighted by Gasteiger charge is -2.29. The minimum atomic E-state index is -0.929. The van der Waals surface area contributed by atoms with Gasteiger partial charge in [0, 0.05) is 31.3 Å². The molecule has 9 heteroatoms. The molecule has 1 N–H and O–H groups in total. The van der Waals surface area contributed by atoms with Crippen molar-refractivity contribution < 1.29 is 18.3 Å². The summed E-state index contributed by atoms with van der Waals surface area (Å²) in [5.41, 5.74) is 0.290. The molecule has 134 valence electrons. The summed E-state index contributed by atoms with van der Waals surface area (Å²) in [6.45, 7) is 2.54. The molecular formula is C17H15F2N5O2. The Morgan fingerprint density at radius 3 is 2.73 bits per heavy atom. The molecule has 4 rings (SSSR count). The number of amides is 1. The van der Waals surface area contributed by atoms with Gasteiger partial charge in [0.25, 0.3) is 5.91 Å². The zero-order valence-corrected chi connectivity index (χ0v) is 13.7. The highest BCUT2D eigenvalue weighted by atomic mass is 19.1. The standard InChI is InChI=1S/C17H15F2N5O2/c18-11-1-2-12(13(19)9-11)17(25)22-14-10-16(23-5-7-26-8-6-23)24-15(21-14)3-4-20-24/h1-4,9-10H,5-8H2,(H,21,22,25). The summed E-state index contributed by atoms with van der Waals surface area (Å²) in [5, 5.41) is 6.82. The molecule has 0 radical (unpaired) electrons. The van der Waals surface area contributed by atoms with E-state index in [0.717, 1.165) is 18.0 Å². The molecule has 0 atom stereocenters. The number of hydrogen-bond donors (Lipinski definition) is 1. The highest BCUT2D eigenvalue weighted by Gasteiger charge is 2.18. The Labute approximate surface area is 147 Å². The van der Waals surface area contributed by atoms with E-state index < -0.39 is 17.5 Å². The lowest BCUT2D eigenvalue weighted by atomic mass is 10.2. The lowest BCUT2D eigenvalue weighted by molar-refractivity contribution is 0.102. The molecule has 26 heavy (non-hydrogen) atoms. The van der Waals surface area contributed by atoms with E-state index in [2.05, 4.69) is 20.3 Å². The monoisotopic (exact) mass is 359 g/mol. The smallest absolute Gasteiger partial charge is 0.259 e. The summed E-state index contributed by atoms with van der Waals surface area (Å²) in [6, 6.07) is 6.18. The highest BCUT2D eigenvalue weighted by molar-refractivity contribution is 6.04. The van der Waals surface area contributed by atoms with Crippen molar-refractivity contribution in [1.29, 1.82) is 0 Å². The first kappa shape index (κ1) is 16.4. The van der Waals surface area contributed by atoms with Crippen LogP contribution in [0.3, 0.4) is 0 Å². The first-order valence-corrected chi connectivity index (χ1v) is 8.06. The first-order valence-electron chi connectivity index (χ1n) is 8.06. The second-order valence-electron chi connectivity index (χ2n) is 5.78. The van der Waals surface area contributed by atoms with Gasteiger partial charge < -0.3 is 15.0 Å². The first-order chi connectivity index (χ1) is 12.6. The van der Waals surface area contributed by atoms with Gasteiger partial charge in [0.15, 0.2) is 5.65 Å². The third-order valence-corrected chi connectivity index (χ3v) is 4.09. The molecule has 1 saturated heterocycles. The van der Waals surface area contributed by atoms with Crippen molar-refractivity contribution in [3.63, 3.8) is 0 Å². The third-order valence-electron chi connectivity index (χ3n) is 4.09. The van der Waals surface area contributed by atoms with E-state index in [0.29, 0.717) is 38.0 Å². The third kappa shape index (κ3) is 3.08. The molecule has 1 aliphatic rings. The molecule has 0 bridgehead atoms. The molecular weight excluding hydrogens is 344 g/mol. The van der Waals surface area contributed by atoms with Crippen molar-refractivity contribution in [2.75, 3.05) is 36.5 Å². The number of nitrogens with zero attached hydrogens (tertiary/aromatic N) is 4. The summed E-state index contributed by atoms with van der Waals surface area (Å²) < 4.78 is 33.9. The Bertz CT molecular complexity index is 969. The van der Waals surface area contributed by atoms with Crippen LogP contribution in [0.25, 0.3) is 5.65 Å². The largest absolute Gasteiger partial charge is 0.378 e. The number of morpholine rings is 1. The van der Waals surface area contributed by atoms with E-state index in [-0.39, 0.29) is 11.4 Å². The van der Waals surface area contributed by atoms with Crippen LogP contribution in [0.15, 0.2) is 36.5 Å². The number of carbonyl (C=O) groups excluding carboxylic acids is 1. The molecule has 0 unspecified atom stereocenters.